The summed E-state index contributed by atoms with van der Waals surface area (Å²) in [4.78, 5) is 11.2. The molecule has 0 spiro atoms. The van der Waals surface area contributed by atoms with Crippen molar-refractivity contribution < 1.29 is 9.53 Å². The van der Waals surface area contributed by atoms with E-state index in [2.05, 4.69) is 10.1 Å². The molecule has 15 heavy (non-hydrogen) atoms. The lowest BCUT2D eigenvalue weighted by Gasteiger charge is -2.07. The summed E-state index contributed by atoms with van der Waals surface area (Å²) in [6.07, 6.45) is -1.45. The van der Waals surface area contributed by atoms with Crippen LogP contribution in [0.15, 0.2) is 24.3 Å². The van der Waals surface area contributed by atoms with Crippen LogP contribution in [0, 0.1) is 11.3 Å². The highest BCUT2D eigenvalue weighted by molar-refractivity contribution is 6.30. The van der Waals surface area contributed by atoms with Gasteiger partial charge in [0.25, 0.3) is 0 Å². The van der Waals surface area contributed by atoms with E-state index in [4.69, 9.17) is 16.9 Å². The summed E-state index contributed by atoms with van der Waals surface area (Å²) < 4.78 is 4.69. The first-order valence-corrected chi connectivity index (χ1v) is 4.62. The van der Waals surface area contributed by atoms with Crippen LogP contribution in [0.2, 0.25) is 5.02 Å². The van der Waals surface area contributed by atoms with Crippen LogP contribution in [0.1, 0.15) is 6.92 Å². The maximum atomic E-state index is 11.2. The van der Waals surface area contributed by atoms with Crippen LogP contribution in [-0.2, 0) is 4.74 Å². The van der Waals surface area contributed by atoms with Crippen molar-refractivity contribution >= 4 is 23.4 Å². The second-order valence-corrected chi connectivity index (χ2v) is 3.25. The zero-order valence-corrected chi connectivity index (χ0v) is 8.78. The fourth-order valence-corrected chi connectivity index (χ4v) is 1.09. The van der Waals surface area contributed by atoms with Gasteiger partial charge in [-0.15, -0.1) is 0 Å². The summed E-state index contributed by atoms with van der Waals surface area (Å²) in [5.74, 6) is 0. The Morgan fingerprint density at radius 1 is 1.67 bits per heavy atom. The van der Waals surface area contributed by atoms with Gasteiger partial charge in [-0.2, -0.15) is 5.26 Å². The summed E-state index contributed by atoms with van der Waals surface area (Å²) in [6, 6.07) is 8.43. The summed E-state index contributed by atoms with van der Waals surface area (Å²) in [5, 5.41) is 11.4. The van der Waals surface area contributed by atoms with E-state index in [1.54, 1.807) is 30.3 Å². The molecule has 1 N–H and O–H groups in total. The van der Waals surface area contributed by atoms with Gasteiger partial charge < -0.3 is 4.74 Å². The quantitative estimate of drug-likeness (QED) is 0.840. The van der Waals surface area contributed by atoms with Crippen molar-refractivity contribution in [3.8, 4) is 6.07 Å². The molecular weight excluding hydrogens is 216 g/mol. The number of carbonyl (C=O) groups is 1. The first kappa shape index (κ1) is 11.3. The number of nitriles is 1. The SMILES string of the molecule is C[C@H](C#N)OC(=O)Nc1cccc(Cl)c1. The zero-order chi connectivity index (χ0) is 11.3. The number of carbonyl (C=O) groups excluding carboxylic acids is 1. The summed E-state index contributed by atoms with van der Waals surface area (Å²) in [5.41, 5.74) is 0.526. The maximum Gasteiger partial charge on any atom is 0.412 e. The molecule has 0 aliphatic rings. The molecule has 0 heterocycles. The summed E-state index contributed by atoms with van der Waals surface area (Å²) in [6.45, 7) is 1.48. The van der Waals surface area contributed by atoms with E-state index >= 15 is 0 Å². The van der Waals surface area contributed by atoms with Gasteiger partial charge in [0, 0.05) is 10.7 Å². The fourth-order valence-electron chi connectivity index (χ4n) is 0.900. The number of rotatable bonds is 2. The van der Waals surface area contributed by atoms with Crippen molar-refractivity contribution in [3.05, 3.63) is 29.3 Å². The molecule has 0 aromatic heterocycles. The molecule has 1 atom stereocenters. The number of ether oxygens (including phenoxy) is 1. The molecular formula is C10H9ClN2O2. The van der Waals surface area contributed by atoms with Crippen LogP contribution in [0.4, 0.5) is 10.5 Å². The number of benzene rings is 1. The van der Waals surface area contributed by atoms with Crippen molar-refractivity contribution in [2.45, 2.75) is 13.0 Å². The van der Waals surface area contributed by atoms with Gasteiger partial charge in [0.05, 0.1) is 0 Å². The minimum Gasteiger partial charge on any atom is -0.431 e. The topological polar surface area (TPSA) is 62.1 Å². The molecule has 1 aromatic rings. The Labute approximate surface area is 92.4 Å². The third-order valence-electron chi connectivity index (χ3n) is 1.54. The standard InChI is InChI=1S/C10H9ClN2O2/c1-7(6-12)15-10(14)13-9-4-2-3-8(11)5-9/h2-5,7H,1H3,(H,13,14)/t7-/m1/s1. The van der Waals surface area contributed by atoms with Gasteiger partial charge in [0.15, 0.2) is 6.10 Å². The van der Waals surface area contributed by atoms with Crippen molar-refractivity contribution in [1.29, 1.82) is 5.26 Å². The van der Waals surface area contributed by atoms with Gasteiger partial charge in [0.1, 0.15) is 6.07 Å². The molecule has 0 bridgehead atoms. The van der Waals surface area contributed by atoms with Crippen molar-refractivity contribution in [1.82, 2.24) is 0 Å². The number of hydrogen-bond acceptors (Lipinski definition) is 3. The Morgan fingerprint density at radius 3 is 3.00 bits per heavy atom. The molecule has 0 radical (unpaired) electrons. The van der Waals surface area contributed by atoms with Gasteiger partial charge >= 0.3 is 6.09 Å². The second kappa shape index (κ2) is 5.23. The van der Waals surface area contributed by atoms with Crippen LogP contribution < -0.4 is 5.32 Å². The van der Waals surface area contributed by atoms with Crippen molar-refractivity contribution in [2.24, 2.45) is 0 Å². The average molecular weight is 225 g/mol. The van der Waals surface area contributed by atoms with E-state index in [0.717, 1.165) is 0 Å². The van der Waals surface area contributed by atoms with Crippen molar-refractivity contribution in [2.75, 3.05) is 5.32 Å². The van der Waals surface area contributed by atoms with Crippen LogP contribution in [-0.4, -0.2) is 12.2 Å². The Morgan fingerprint density at radius 2 is 2.40 bits per heavy atom. The third-order valence-corrected chi connectivity index (χ3v) is 1.77. The molecule has 0 saturated heterocycles. The predicted octanol–water partition coefficient (Wildman–Crippen LogP) is 2.80. The van der Waals surface area contributed by atoms with Crippen LogP contribution in [0.3, 0.4) is 0 Å². The monoisotopic (exact) mass is 224 g/mol. The van der Waals surface area contributed by atoms with Gasteiger partial charge in [-0.3, -0.25) is 5.32 Å². The van der Waals surface area contributed by atoms with E-state index < -0.39 is 12.2 Å². The largest absolute Gasteiger partial charge is 0.431 e. The zero-order valence-electron chi connectivity index (χ0n) is 8.03. The second-order valence-electron chi connectivity index (χ2n) is 2.81. The molecule has 4 nitrogen and oxygen atoms in total. The Kier molecular flexibility index (Phi) is 3.95. The third kappa shape index (κ3) is 3.88. The van der Waals surface area contributed by atoms with E-state index in [1.165, 1.54) is 6.92 Å². The highest BCUT2D eigenvalue weighted by Crippen LogP contribution is 2.15. The Hall–Kier alpha value is -1.73. The highest BCUT2D eigenvalue weighted by atomic mass is 35.5. The van der Waals surface area contributed by atoms with Crippen LogP contribution in [0.25, 0.3) is 0 Å². The smallest absolute Gasteiger partial charge is 0.412 e. The van der Waals surface area contributed by atoms with E-state index in [-0.39, 0.29) is 0 Å². The maximum absolute atomic E-state index is 11.2. The Balaban J connectivity index is 2.56. The number of nitrogens with one attached hydrogen (secondary N) is 1. The summed E-state index contributed by atoms with van der Waals surface area (Å²) in [7, 11) is 0. The lowest BCUT2D eigenvalue weighted by atomic mass is 10.3. The van der Waals surface area contributed by atoms with Crippen molar-refractivity contribution in [3.63, 3.8) is 0 Å². The normalized spacial score (nSPS) is 11.3. The minimum absolute atomic E-state index is 0.515. The fraction of sp³-hybridized carbons (Fsp3) is 0.200. The van der Waals surface area contributed by atoms with Gasteiger partial charge in [0.2, 0.25) is 0 Å². The van der Waals surface area contributed by atoms with Gasteiger partial charge in [-0.05, 0) is 25.1 Å². The Bertz CT molecular complexity index is 401. The molecule has 0 aliphatic carbocycles. The number of anilines is 1. The van der Waals surface area contributed by atoms with Gasteiger partial charge in [-0.1, -0.05) is 17.7 Å². The van der Waals surface area contributed by atoms with Gasteiger partial charge in [-0.25, -0.2) is 4.79 Å². The lowest BCUT2D eigenvalue weighted by Crippen LogP contribution is -2.18. The molecule has 0 saturated carbocycles. The first-order chi connectivity index (χ1) is 7.11. The summed E-state index contributed by atoms with van der Waals surface area (Å²) >= 11 is 5.72. The molecule has 1 rings (SSSR count). The van der Waals surface area contributed by atoms with Crippen LogP contribution in [0.5, 0.6) is 0 Å². The van der Waals surface area contributed by atoms with Crippen LogP contribution >= 0.6 is 11.6 Å². The predicted molar refractivity (Wildman–Crippen MR) is 56.6 cm³/mol. The first-order valence-electron chi connectivity index (χ1n) is 4.24. The molecule has 0 aliphatic heterocycles. The highest BCUT2D eigenvalue weighted by Gasteiger charge is 2.07. The minimum atomic E-state index is -0.774. The molecule has 5 heteroatoms. The molecule has 1 aromatic carbocycles. The molecule has 0 unspecified atom stereocenters. The van der Waals surface area contributed by atoms with E-state index in [1.807, 2.05) is 0 Å². The number of nitrogens with zero attached hydrogens (tertiary/aromatic N) is 1. The van der Waals surface area contributed by atoms with E-state index in [9.17, 15) is 4.79 Å². The number of halogens is 1. The molecule has 1 amide bonds. The number of hydrogen-bond donors (Lipinski definition) is 1. The lowest BCUT2D eigenvalue weighted by molar-refractivity contribution is 0.144. The molecule has 78 valence electrons. The average Bonchev–Trinajstić information content (AvgIpc) is 2.17. The number of amides is 1. The molecule has 0 fully saturated rings. The van der Waals surface area contributed by atoms with E-state index in [0.29, 0.717) is 10.7 Å².